The average Bonchev–Trinajstić information content (AvgIpc) is 3.16. The first-order valence-corrected chi connectivity index (χ1v) is 7.95. The van der Waals surface area contributed by atoms with Crippen LogP contribution in [-0.2, 0) is 0 Å². The summed E-state index contributed by atoms with van der Waals surface area (Å²) in [6.07, 6.45) is 15.4. The summed E-state index contributed by atoms with van der Waals surface area (Å²) in [5, 5.41) is 10.4. The summed E-state index contributed by atoms with van der Waals surface area (Å²) in [7, 11) is 0. The highest BCUT2D eigenvalue weighted by atomic mass is 16.3. The first-order valence-electron chi connectivity index (χ1n) is 7.95. The van der Waals surface area contributed by atoms with Crippen molar-refractivity contribution in [3.63, 3.8) is 0 Å². The standard InChI is InChI=1S/C16H32O/c1-3-5-6-7-8-9-10-11-14-16(17,4-2)15-12-13-15/h15,17H,3-14H2,1-2H3. The minimum absolute atomic E-state index is 0.303. The summed E-state index contributed by atoms with van der Waals surface area (Å²) in [5.41, 5.74) is -0.303. The van der Waals surface area contributed by atoms with Gasteiger partial charge in [0.05, 0.1) is 5.60 Å². The molecular formula is C16H32O. The van der Waals surface area contributed by atoms with Gasteiger partial charge in [0.1, 0.15) is 0 Å². The van der Waals surface area contributed by atoms with Crippen molar-refractivity contribution in [1.29, 1.82) is 0 Å². The van der Waals surface area contributed by atoms with Crippen LogP contribution in [0.4, 0.5) is 0 Å². The first kappa shape index (κ1) is 15.0. The molecule has 1 unspecified atom stereocenters. The molecule has 1 aliphatic carbocycles. The first-order chi connectivity index (χ1) is 8.23. The maximum absolute atomic E-state index is 10.4. The Morgan fingerprint density at radius 2 is 1.41 bits per heavy atom. The molecule has 1 saturated carbocycles. The van der Waals surface area contributed by atoms with Crippen LogP contribution in [0.1, 0.15) is 90.9 Å². The lowest BCUT2D eigenvalue weighted by molar-refractivity contribution is 0.00283. The van der Waals surface area contributed by atoms with E-state index in [0.717, 1.165) is 12.8 Å². The molecule has 1 heteroatoms. The fourth-order valence-corrected chi connectivity index (χ4v) is 2.86. The summed E-state index contributed by atoms with van der Waals surface area (Å²) >= 11 is 0. The zero-order chi connectivity index (χ0) is 12.6. The zero-order valence-electron chi connectivity index (χ0n) is 12.0. The molecule has 0 radical (unpaired) electrons. The molecule has 0 bridgehead atoms. The average molecular weight is 240 g/mol. The second kappa shape index (κ2) is 8.13. The van der Waals surface area contributed by atoms with E-state index in [1.807, 2.05) is 0 Å². The maximum Gasteiger partial charge on any atom is 0.0673 e. The molecule has 1 N–H and O–H groups in total. The number of rotatable bonds is 11. The van der Waals surface area contributed by atoms with Crippen molar-refractivity contribution in [2.45, 2.75) is 96.5 Å². The van der Waals surface area contributed by atoms with Crippen molar-refractivity contribution in [3.05, 3.63) is 0 Å². The van der Waals surface area contributed by atoms with E-state index in [1.165, 1.54) is 64.2 Å². The molecule has 1 nitrogen and oxygen atoms in total. The second-order valence-electron chi connectivity index (χ2n) is 5.96. The molecule has 1 aliphatic rings. The highest BCUT2D eigenvalue weighted by Crippen LogP contribution is 2.44. The Hall–Kier alpha value is -0.0400. The molecule has 0 amide bonds. The summed E-state index contributed by atoms with van der Waals surface area (Å²) in [4.78, 5) is 0. The van der Waals surface area contributed by atoms with Gasteiger partial charge in [0.25, 0.3) is 0 Å². The molecule has 102 valence electrons. The Balaban J connectivity index is 1.92. The van der Waals surface area contributed by atoms with Crippen LogP contribution in [0.5, 0.6) is 0 Å². The Kier molecular flexibility index (Phi) is 7.18. The van der Waals surface area contributed by atoms with Gasteiger partial charge in [-0.15, -0.1) is 0 Å². The van der Waals surface area contributed by atoms with Gasteiger partial charge in [0.15, 0.2) is 0 Å². The quantitative estimate of drug-likeness (QED) is 0.500. The summed E-state index contributed by atoms with van der Waals surface area (Å²) in [6.45, 7) is 4.41. The molecule has 0 spiro atoms. The highest BCUT2D eigenvalue weighted by Gasteiger charge is 2.41. The van der Waals surface area contributed by atoms with E-state index in [0.29, 0.717) is 5.92 Å². The predicted octanol–water partition coefficient (Wildman–Crippen LogP) is 5.07. The Morgan fingerprint density at radius 1 is 0.882 bits per heavy atom. The highest BCUT2D eigenvalue weighted by molar-refractivity contribution is 4.93. The minimum Gasteiger partial charge on any atom is -0.390 e. The van der Waals surface area contributed by atoms with Crippen LogP contribution >= 0.6 is 0 Å². The smallest absolute Gasteiger partial charge is 0.0673 e. The van der Waals surface area contributed by atoms with E-state index in [-0.39, 0.29) is 5.60 Å². The van der Waals surface area contributed by atoms with Gasteiger partial charge < -0.3 is 5.11 Å². The molecule has 1 rings (SSSR count). The van der Waals surface area contributed by atoms with E-state index in [4.69, 9.17) is 0 Å². The fraction of sp³-hybridized carbons (Fsp3) is 1.00. The molecule has 0 saturated heterocycles. The number of aliphatic hydroxyl groups is 1. The van der Waals surface area contributed by atoms with E-state index < -0.39 is 0 Å². The van der Waals surface area contributed by atoms with Crippen molar-refractivity contribution in [1.82, 2.24) is 0 Å². The van der Waals surface area contributed by atoms with Gasteiger partial charge in [-0.3, -0.25) is 0 Å². The molecule has 0 aromatic carbocycles. The van der Waals surface area contributed by atoms with Gasteiger partial charge >= 0.3 is 0 Å². The van der Waals surface area contributed by atoms with E-state index in [2.05, 4.69) is 13.8 Å². The van der Waals surface area contributed by atoms with Crippen molar-refractivity contribution in [2.24, 2.45) is 5.92 Å². The van der Waals surface area contributed by atoms with Crippen molar-refractivity contribution >= 4 is 0 Å². The number of hydrogen-bond acceptors (Lipinski definition) is 1. The summed E-state index contributed by atoms with van der Waals surface area (Å²) < 4.78 is 0. The molecule has 0 aromatic heterocycles. The van der Waals surface area contributed by atoms with Crippen LogP contribution in [0.15, 0.2) is 0 Å². The predicted molar refractivity (Wildman–Crippen MR) is 75.2 cm³/mol. The van der Waals surface area contributed by atoms with Crippen LogP contribution < -0.4 is 0 Å². The van der Waals surface area contributed by atoms with Crippen LogP contribution in [0, 0.1) is 5.92 Å². The van der Waals surface area contributed by atoms with Crippen LogP contribution in [0.3, 0.4) is 0 Å². The van der Waals surface area contributed by atoms with Crippen molar-refractivity contribution in [2.75, 3.05) is 0 Å². The van der Waals surface area contributed by atoms with Gasteiger partial charge in [0.2, 0.25) is 0 Å². The van der Waals surface area contributed by atoms with E-state index in [1.54, 1.807) is 0 Å². The van der Waals surface area contributed by atoms with Crippen LogP contribution in [0.2, 0.25) is 0 Å². The normalized spacial score (nSPS) is 19.2. The molecule has 0 heterocycles. The molecule has 0 aromatic rings. The monoisotopic (exact) mass is 240 g/mol. The molecule has 0 aliphatic heterocycles. The summed E-state index contributed by atoms with van der Waals surface area (Å²) in [5.74, 6) is 0.636. The maximum atomic E-state index is 10.4. The second-order valence-corrected chi connectivity index (χ2v) is 5.96. The SMILES string of the molecule is CCCCCCCCCCC(O)(CC)C1CC1. The fourth-order valence-electron chi connectivity index (χ4n) is 2.86. The third kappa shape index (κ3) is 5.90. The molecular weight excluding hydrogens is 208 g/mol. The number of hydrogen-bond donors (Lipinski definition) is 1. The number of unbranched alkanes of at least 4 members (excludes halogenated alkanes) is 7. The van der Waals surface area contributed by atoms with E-state index >= 15 is 0 Å². The van der Waals surface area contributed by atoms with Crippen LogP contribution in [-0.4, -0.2) is 10.7 Å². The largest absolute Gasteiger partial charge is 0.390 e. The topological polar surface area (TPSA) is 20.2 Å². The van der Waals surface area contributed by atoms with Gasteiger partial charge in [-0.2, -0.15) is 0 Å². The molecule has 1 atom stereocenters. The lowest BCUT2D eigenvalue weighted by Crippen LogP contribution is -2.30. The third-order valence-corrected chi connectivity index (χ3v) is 4.41. The minimum atomic E-state index is -0.303. The van der Waals surface area contributed by atoms with Crippen LogP contribution in [0.25, 0.3) is 0 Å². The molecule has 1 fully saturated rings. The van der Waals surface area contributed by atoms with Gasteiger partial charge in [-0.25, -0.2) is 0 Å². The Morgan fingerprint density at radius 3 is 1.88 bits per heavy atom. The van der Waals surface area contributed by atoms with E-state index in [9.17, 15) is 5.11 Å². The zero-order valence-corrected chi connectivity index (χ0v) is 12.0. The van der Waals surface area contributed by atoms with Gasteiger partial charge in [-0.05, 0) is 31.6 Å². The molecule has 17 heavy (non-hydrogen) atoms. The van der Waals surface area contributed by atoms with Gasteiger partial charge in [-0.1, -0.05) is 65.2 Å². The Bertz CT molecular complexity index is 186. The third-order valence-electron chi connectivity index (χ3n) is 4.41. The summed E-state index contributed by atoms with van der Waals surface area (Å²) in [6, 6.07) is 0. The lowest BCUT2D eigenvalue weighted by Gasteiger charge is -2.26. The Labute approximate surface area is 108 Å². The lowest BCUT2D eigenvalue weighted by atomic mass is 9.88. The van der Waals surface area contributed by atoms with Crippen molar-refractivity contribution in [3.8, 4) is 0 Å². The van der Waals surface area contributed by atoms with Crippen molar-refractivity contribution < 1.29 is 5.11 Å². The van der Waals surface area contributed by atoms with Gasteiger partial charge in [0, 0.05) is 0 Å².